The number of guanidine groups is 1. The standard InChI is InChI=1S/C19H28N4OS.HI/c1-3-20-19(22-13-11-17-9-7-15-25-17)21-12-4-5-14-23-16(2)8-6-10-18(23)24;/h6-10,15H,3-5,11-14H2,1-2H3,(H2,20,21,22);1H. The van der Waals surface area contributed by atoms with Gasteiger partial charge in [-0.3, -0.25) is 9.79 Å². The molecule has 0 aliphatic heterocycles. The summed E-state index contributed by atoms with van der Waals surface area (Å²) in [6, 6.07) is 9.64. The molecule has 0 saturated carbocycles. The second kappa shape index (κ2) is 12.9. The summed E-state index contributed by atoms with van der Waals surface area (Å²) in [6.45, 7) is 7.29. The fourth-order valence-corrected chi connectivity index (χ4v) is 3.29. The van der Waals surface area contributed by atoms with Crippen LogP contribution in [0, 0.1) is 6.92 Å². The topological polar surface area (TPSA) is 58.4 Å². The number of unbranched alkanes of at least 4 members (excludes halogenated alkanes) is 1. The van der Waals surface area contributed by atoms with Gasteiger partial charge in [0.25, 0.3) is 5.56 Å². The number of aromatic nitrogens is 1. The maximum atomic E-state index is 11.8. The summed E-state index contributed by atoms with van der Waals surface area (Å²) in [4.78, 5) is 17.8. The number of halogens is 1. The van der Waals surface area contributed by atoms with E-state index in [2.05, 4.69) is 40.1 Å². The average molecular weight is 488 g/mol. The first-order chi connectivity index (χ1) is 12.2. The van der Waals surface area contributed by atoms with E-state index in [9.17, 15) is 4.79 Å². The SMILES string of the molecule is CCNC(=NCCCCn1c(C)cccc1=O)NCCc1cccs1.I. The predicted octanol–water partition coefficient (Wildman–Crippen LogP) is 3.41. The molecule has 26 heavy (non-hydrogen) atoms. The normalized spacial score (nSPS) is 11.1. The molecule has 2 heterocycles. The van der Waals surface area contributed by atoms with E-state index >= 15 is 0 Å². The Morgan fingerprint density at radius 1 is 1.19 bits per heavy atom. The molecule has 2 rings (SSSR count). The van der Waals surface area contributed by atoms with E-state index in [1.165, 1.54) is 4.88 Å². The maximum Gasteiger partial charge on any atom is 0.250 e. The highest BCUT2D eigenvalue weighted by molar-refractivity contribution is 14.0. The number of aliphatic imine (C=N–C) groups is 1. The van der Waals surface area contributed by atoms with Gasteiger partial charge in [-0.2, -0.15) is 0 Å². The minimum atomic E-state index is 0. The number of nitrogens with one attached hydrogen (secondary N) is 2. The molecule has 2 aromatic heterocycles. The number of aryl methyl sites for hydroxylation is 1. The van der Waals surface area contributed by atoms with E-state index in [0.717, 1.165) is 57.1 Å². The molecule has 0 bridgehead atoms. The zero-order valence-electron chi connectivity index (χ0n) is 15.5. The molecule has 0 radical (unpaired) electrons. The lowest BCUT2D eigenvalue weighted by Crippen LogP contribution is -2.38. The third-order valence-electron chi connectivity index (χ3n) is 3.92. The Morgan fingerprint density at radius 3 is 2.73 bits per heavy atom. The van der Waals surface area contributed by atoms with E-state index < -0.39 is 0 Å². The largest absolute Gasteiger partial charge is 0.357 e. The van der Waals surface area contributed by atoms with Crippen LogP contribution in [-0.2, 0) is 13.0 Å². The van der Waals surface area contributed by atoms with Gasteiger partial charge in [0.2, 0.25) is 0 Å². The van der Waals surface area contributed by atoms with E-state index in [1.54, 1.807) is 17.4 Å². The average Bonchev–Trinajstić information content (AvgIpc) is 3.10. The second-order valence-electron chi connectivity index (χ2n) is 5.88. The van der Waals surface area contributed by atoms with Gasteiger partial charge in [-0.25, -0.2) is 0 Å². The molecule has 0 aliphatic carbocycles. The van der Waals surface area contributed by atoms with Crippen molar-refractivity contribution < 1.29 is 0 Å². The molecule has 0 aromatic carbocycles. The molecule has 0 spiro atoms. The lowest BCUT2D eigenvalue weighted by molar-refractivity contribution is 0.585. The van der Waals surface area contributed by atoms with Crippen LogP contribution in [-0.4, -0.2) is 30.2 Å². The lowest BCUT2D eigenvalue weighted by Gasteiger charge is -2.11. The van der Waals surface area contributed by atoms with Crippen LogP contribution in [0.5, 0.6) is 0 Å². The molecule has 0 saturated heterocycles. The van der Waals surface area contributed by atoms with E-state index in [4.69, 9.17) is 0 Å². The second-order valence-corrected chi connectivity index (χ2v) is 6.91. The van der Waals surface area contributed by atoms with Crippen molar-refractivity contribution in [1.29, 1.82) is 0 Å². The molecular weight excluding hydrogens is 459 g/mol. The zero-order valence-corrected chi connectivity index (χ0v) is 18.7. The van der Waals surface area contributed by atoms with Gasteiger partial charge >= 0.3 is 0 Å². The highest BCUT2D eigenvalue weighted by Crippen LogP contribution is 2.08. The number of pyridine rings is 1. The Labute approximate surface area is 177 Å². The summed E-state index contributed by atoms with van der Waals surface area (Å²) < 4.78 is 1.83. The molecule has 0 amide bonds. The van der Waals surface area contributed by atoms with E-state index in [0.29, 0.717) is 0 Å². The van der Waals surface area contributed by atoms with Gasteiger partial charge in [-0.15, -0.1) is 35.3 Å². The van der Waals surface area contributed by atoms with Gasteiger partial charge in [0.15, 0.2) is 5.96 Å². The molecule has 2 N–H and O–H groups in total. The fourth-order valence-electron chi connectivity index (χ4n) is 2.58. The molecule has 7 heteroatoms. The van der Waals surface area contributed by atoms with Crippen molar-refractivity contribution in [2.24, 2.45) is 4.99 Å². The van der Waals surface area contributed by atoms with Crippen LogP contribution in [0.3, 0.4) is 0 Å². The third-order valence-corrected chi connectivity index (χ3v) is 4.85. The summed E-state index contributed by atoms with van der Waals surface area (Å²) in [5, 5.41) is 8.76. The van der Waals surface area contributed by atoms with Crippen LogP contribution in [0.25, 0.3) is 0 Å². The summed E-state index contributed by atoms with van der Waals surface area (Å²) >= 11 is 1.78. The fraction of sp³-hybridized carbons (Fsp3) is 0.474. The van der Waals surface area contributed by atoms with Crippen molar-refractivity contribution in [3.8, 4) is 0 Å². The summed E-state index contributed by atoms with van der Waals surface area (Å²) in [6.07, 6.45) is 2.92. The molecule has 0 unspecified atom stereocenters. The molecule has 0 aliphatic rings. The number of nitrogens with zero attached hydrogens (tertiary/aromatic N) is 2. The molecule has 5 nitrogen and oxygen atoms in total. The quantitative estimate of drug-likeness (QED) is 0.246. The summed E-state index contributed by atoms with van der Waals surface area (Å²) in [5.74, 6) is 0.868. The van der Waals surface area contributed by atoms with E-state index in [1.807, 2.05) is 23.6 Å². The number of hydrogen-bond donors (Lipinski definition) is 2. The minimum Gasteiger partial charge on any atom is -0.357 e. The molecular formula is C19H29IN4OS. The van der Waals surface area contributed by atoms with E-state index in [-0.39, 0.29) is 29.5 Å². The van der Waals surface area contributed by atoms with Gasteiger partial charge in [-0.1, -0.05) is 12.1 Å². The number of rotatable bonds is 9. The molecule has 2 aromatic rings. The van der Waals surface area contributed by atoms with Crippen molar-refractivity contribution in [3.63, 3.8) is 0 Å². The smallest absolute Gasteiger partial charge is 0.250 e. The van der Waals surface area contributed by atoms with Crippen LogP contribution >= 0.6 is 35.3 Å². The van der Waals surface area contributed by atoms with Gasteiger partial charge in [0.05, 0.1) is 0 Å². The van der Waals surface area contributed by atoms with Crippen LogP contribution in [0.2, 0.25) is 0 Å². The third kappa shape index (κ3) is 7.90. The Hall–Kier alpha value is -1.35. The summed E-state index contributed by atoms with van der Waals surface area (Å²) in [7, 11) is 0. The Bertz CT molecular complexity index is 713. The van der Waals surface area contributed by atoms with Crippen LogP contribution < -0.4 is 16.2 Å². The van der Waals surface area contributed by atoms with Crippen LogP contribution in [0.15, 0.2) is 45.5 Å². The van der Waals surface area contributed by atoms with Gasteiger partial charge in [0.1, 0.15) is 0 Å². The van der Waals surface area contributed by atoms with Gasteiger partial charge in [0, 0.05) is 42.8 Å². The lowest BCUT2D eigenvalue weighted by atomic mass is 10.3. The minimum absolute atomic E-state index is 0. The number of hydrogen-bond acceptors (Lipinski definition) is 3. The number of thiophene rings is 1. The Kier molecular flexibility index (Phi) is 11.3. The van der Waals surface area contributed by atoms with Crippen LogP contribution in [0.1, 0.15) is 30.3 Å². The van der Waals surface area contributed by atoms with Crippen molar-refractivity contribution in [1.82, 2.24) is 15.2 Å². The van der Waals surface area contributed by atoms with Crippen molar-refractivity contribution >= 4 is 41.3 Å². The summed E-state index contributed by atoms with van der Waals surface area (Å²) in [5.41, 5.74) is 1.09. The Morgan fingerprint density at radius 2 is 2.04 bits per heavy atom. The van der Waals surface area contributed by atoms with Crippen molar-refractivity contribution in [2.75, 3.05) is 19.6 Å². The monoisotopic (exact) mass is 488 g/mol. The highest BCUT2D eigenvalue weighted by atomic mass is 127. The highest BCUT2D eigenvalue weighted by Gasteiger charge is 2.00. The van der Waals surface area contributed by atoms with Gasteiger partial charge < -0.3 is 15.2 Å². The Balaban J connectivity index is 0.00000338. The molecule has 0 fully saturated rings. The first-order valence-electron chi connectivity index (χ1n) is 8.91. The molecule has 0 atom stereocenters. The van der Waals surface area contributed by atoms with Crippen molar-refractivity contribution in [2.45, 2.75) is 39.7 Å². The molecule has 144 valence electrons. The first-order valence-corrected chi connectivity index (χ1v) is 9.79. The maximum absolute atomic E-state index is 11.8. The zero-order chi connectivity index (χ0) is 17.9. The van der Waals surface area contributed by atoms with Crippen LogP contribution in [0.4, 0.5) is 0 Å². The predicted molar refractivity (Wildman–Crippen MR) is 122 cm³/mol. The first kappa shape index (κ1) is 22.7. The van der Waals surface area contributed by atoms with Gasteiger partial charge in [-0.05, 0) is 50.6 Å². The van der Waals surface area contributed by atoms with Crippen molar-refractivity contribution in [3.05, 3.63) is 56.6 Å².